The van der Waals surface area contributed by atoms with Crippen LogP contribution in [0.15, 0.2) is 47.7 Å². The summed E-state index contributed by atoms with van der Waals surface area (Å²) >= 11 is 0. The van der Waals surface area contributed by atoms with Crippen LogP contribution >= 0.6 is 0 Å². The molecule has 2 heterocycles. The van der Waals surface area contributed by atoms with Crippen LogP contribution in [0.3, 0.4) is 0 Å². The third-order valence-electron chi connectivity index (χ3n) is 11.1. The molecule has 49 heavy (non-hydrogen) atoms. The van der Waals surface area contributed by atoms with Gasteiger partial charge in [0, 0.05) is 50.0 Å². The summed E-state index contributed by atoms with van der Waals surface area (Å²) < 4.78 is 20.0. The van der Waals surface area contributed by atoms with Gasteiger partial charge in [0.1, 0.15) is 17.5 Å². The van der Waals surface area contributed by atoms with Gasteiger partial charge in [0.05, 0.1) is 24.8 Å². The Labute approximate surface area is 291 Å². The van der Waals surface area contributed by atoms with E-state index in [9.17, 15) is 20.1 Å². The van der Waals surface area contributed by atoms with Crippen LogP contribution in [0.4, 0.5) is 0 Å². The molecule has 7 atom stereocenters. The van der Waals surface area contributed by atoms with Crippen molar-refractivity contribution >= 4 is 11.6 Å². The number of unbranched alkanes of at least 4 members (excludes halogenated alkanes) is 2. The lowest BCUT2D eigenvalue weighted by Crippen LogP contribution is -2.70. The average molecular weight is 681 g/mol. The second-order valence-electron chi connectivity index (χ2n) is 14.5. The number of ether oxygens (including phenoxy) is 3. The molecule has 0 aromatic heterocycles. The molecule has 1 saturated heterocycles. The van der Waals surface area contributed by atoms with Crippen LogP contribution in [-0.2, 0) is 19.1 Å². The van der Waals surface area contributed by atoms with Crippen molar-refractivity contribution in [3.63, 3.8) is 0 Å². The Morgan fingerprint density at radius 3 is 2.61 bits per heavy atom. The fraction of sp³-hybridized carbons (Fsp3) is 0.692. The number of fused-ring (bicyclic) bond motifs is 2. The van der Waals surface area contributed by atoms with Gasteiger partial charge >= 0.3 is 0 Å². The summed E-state index contributed by atoms with van der Waals surface area (Å²) in [5.41, 5.74) is 2.70. The number of amides is 1. The number of aliphatic hydroxyl groups excluding tert-OH is 2. The summed E-state index contributed by atoms with van der Waals surface area (Å²) in [7, 11) is 0. The smallest absolute Gasteiger partial charge is 0.239 e. The van der Waals surface area contributed by atoms with E-state index in [1.807, 2.05) is 17.0 Å². The van der Waals surface area contributed by atoms with Gasteiger partial charge in [0.15, 0.2) is 0 Å². The Kier molecular flexibility index (Phi) is 12.0. The van der Waals surface area contributed by atoms with E-state index in [1.54, 1.807) is 12.1 Å². The molecule has 3 N–H and O–H groups in total. The summed E-state index contributed by atoms with van der Waals surface area (Å²) in [6, 6.07) is 4.82. The van der Waals surface area contributed by atoms with Crippen LogP contribution in [-0.4, -0.2) is 82.9 Å². The van der Waals surface area contributed by atoms with E-state index >= 15 is 0 Å². The fourth-order valence-electron chi connectivity index (χ4n) is 8.80. The normalized spacial score (nSPS) is 31.2. The van der Waals surface area contributed by atoms with Crippen LogP contribution < -0.4 is 4.74 Å². The molecule has 7 unspecified atom stereocenters. The van der Waals surface area contributed by atoms with Crippen molar-refractivity contribution in [3.8, 4) is 11.5 Å². The third kappa shape index (κ3) is 7.58. The predicted molar refractivity (Wildman–Crippen MR) is 186 cm³/mol. The molecule has 3 aliphatic carbocycles. The largest absolute Gasteiger partial charge is 0.508 e. The van der Waals surface area contributed by atoms with Crippen LogP contribution in [0, 0.1) is 23.7 Å². The lowest BCUT2D eigenvalue weighted by atomic mass is 9.55. The molecule has 270 valence electrons. The number of phenols is 1. The minimum atomic E-state index is -1.25. The second kappa shape index (κ2) is 16.4. The number of hydrogen-bond donors (Lipinski definition) is 3. The first kappa shape index (κ1) is 35.9. The van der Waals surface area contributed by atoms with Gasteiger partial charge < -0.3 is 39.3 Å². The quantitative estimate of drug-likeness (QED) is 0.101. The summed E-state index contributed by atoms with van der Waals surface area (Å²) in [4.78, 5) is 22.4. The first-order chi connectivity index (χ1) is 23.9. The van der Waals surface area contributed by atoms with Crippen molar-refractivity contribution in [1.82, 2.24) is 4.90 Å². The van der Waals surface area contributed by atoms with Crippen LogP contribution in [0.25, 0.3) is 0 Å². The van der Waals surface area contributed by atoms with E-state index in [1.165, 1.54) is 0 Å². The number of allylic oxidation sites excluding steroid dienone is 1. The number of carbonyl (C=O) groups excluding carboxylic acids is 1. The van der Waals surface area contributed by atoms with Crippen molar-refractivity contribution < 1.29 is 39.2 Å². The van der Waals surface area contributed by atoms with E-state index in [0.717, 1.165) is 81.1 Å². The molecule has 1 aromatic rings. The maximum Gasteiger partial charge on any atom is 0.239 e. The zero-order chi connectivity index (χ0) is 34.4. The minimum absolute atomic E-state index is 0.00401. The molecule has 5 aliphatic rings. The third-order valence-corrected chi connectivity index (χ3v) is 11.1. The molecule has 1 aromatic carbocycles. The van der Waals surface area contributed by atoms with Gasteiger partial charge in [0.2, 0.25) is 18.0 Å². The summed E-state index contributed by atoms with van der Waals surface area (Å²) in [6.07, 6.45) is 14.2. The molecule has 2 aliphatic heterocycles. The Morgan fingerprint density at radius 2 is 1.92 bits per heavy atom. The zero-order valence-corrected chi connectivity index (χ0v) is 29.1. The lowest BCUT2D eigenvalue weighted by Gasteiger charge is -2.60. The maximum absolute atomic E-state index is 14.2. The van der Waals surface area contributed by atoms with E-state index < -0.39 is 18.1 Å². The minimum Gasteiger partial charge on any atom is -0.508 e. The lowest BCUT2D eigenvalue weighted by molar-refractivity contribution is -0.258. The number of aliphatic hydroxyl groups is 2. The van der Waals surface area contributed by atoms with Gasteiger partial charge in [-0.2, -0.15) is 0 Å². The highest BCUT2D eigenvalue weighted by Crippen LogP contribution is 2.62. The number of rotatable bonds is 17. The Bertz CT molecular complexity index is 1350. The van der Waals surface area contributed by atoms with Crippen molar-refractivity contribution in [2.75, 3.05) is 33.0 Å². The molecule has 10 nitrogen and oxygen atoms in total. The van der Waals surface area contributed by atoms with Crippen molar-refractivity contribution in [2.24, 2.45) is 28.8 Å². The number of phenolic OH excluding ortho intramolecular Hbond substituents is 1. The van der Waals surface area contributed by atoms with Crippen LogP contribution in [0.5, 0.6) is 11.5 Å². The fourth-order valence-corrected chi connectivity index (χ4v) is 8.80. The molecular weight excluding hydrogens is 624 g/mol. The van der Waals surface area contributed by atoms with Crippen LogP contribution in [0.1, 0.15) is 102 Å². The Hall–Kier alpha value is -2.92. The monoisotopic (exact) mass is 680 g/mol. The molecular formula is C39H56N2O8. The highest BCUT2D eigenvalue weighted by molar-refractivity contribution is 6.03. The molecule has 3 fully saturated rings. The SMILES string of the molecule is C=CCOC12Oc3ccc(O)cc3C3C(CCCCO)C(CCCCO)C=C(C(=NOC4CCCCO4)CC1N(CCC)C(=O)C1CC1)C32. The number of oxime groups is 1. The summed E-state index contributed by atoms with van der Waals surface area (Å²) in [5.74, 6) is -0.546. The highest BCUT2D eigenvalue weighted by Gasteiger charge is 2.65. The van der Waals surface area contributed by atoms with E-state index in [4.69, 9.17) is 24.2 Å². The van der Waals surface area contributed by atoms with Crippen molar-refractivity contribution in [1.29, 1.82) is 0 Å². The van der Waals surface area contributed by atoms with Crippen molar-refractivity contribution in [3.05, 3.63) is 48.1 Å². The number of carbonyl (C=O) groups is 1. The number of nitrogens with zero attached hydrogens (tertiary/aromatic N) is 2. The zero-order valence-electron chi connectivity index (χ0n) is 29.1. The van der Waals surface area contributed by atoms with Gasteiger partial charge in [-0.15, -0.1) is 6.58 Å². The first-order valence-electron chi connectivity index (χ1n) is 18.8. The molecule has 0 bridgehead atoms. The average Bonchev–Trinajstić information content (AvgIpc) is 3.97. The van der Waals surface area contributed by atoms with E-state index in [2.05, 4.69) is 19.6 Å². The molecule has 2 saturated carbocycles. The standard InChI is InChI=1S/C39H56N2O8/c1-3-18-41(38(45)26-14-15-26)34-25-32(40-49-35-13-7-10-22-46-35)30-23-27(11-5-8-19-42)29(12-6-9-20-43)36-31-24-28(44)16-17-33(31)48-39(34,37(30)36)47-21-4-2/h4,16-17,23-24,26-27,29,34-37,42-44H,2-3,5-15,18-22,25H2,1H3. The molecule has 0 spiro atoms. The second-order valence-corrected chi connectivity index (χ2v) is 14.5. The molecule has 1 amide bonds. The number of hydrogen-bond acceptors (Lipinski definition) is 9. The molecule has 0 radical (unpaired) electrons. The van der Waals surface area contributed by atoms with Crippen LogP contribution in [0.2, 0.25) is 0 Å². The first-order valence-corrected chi connectivity index (χ1v) is 18.8. The van der Waals surface area contributed by atoms with Gasteiger partial charge in [-0.25, -0.2) is 0 Å². The summed E-state index contributed by atoms with van der Waals surface area (Å²) in [5, 5.41) is 35.2. The van der Waals surface area contributed by atoms with Gasteiger partial charge in [0.25, 0.3) is 0 Å². The number of aromatic hydroxyl groups is 1. The van der Waals surface area contributed by atoms with Crippen molar-refractivity contribution in [2.45, 2.75) is 114 Å². The Balaban J connectivity index is 1.55. The van der Waals surface area contributed by atoms with E-state index in [0.29, 0.717) is 38.2 Å². The van der Waals surface area contributed by atoms with Gasteiger partial charge in [-0.05, 0) is 93.4 Å². The maximum atomic E-state index is 14.2. The highest BCUT2D eigenvalue weighted by atomic mass is 16.8. The Morgan fingerprint density at radius 1 is 1.12 bits per heavy atom. The predicted octanol–water partition coefficient (Wildman–Crippen LogP) is 6.20. The molecule has 6 rings (SSSR count). The topological polar surface area (TPSA) is 130 Å². The van der Waals surface area contributed by atoms with Gasteiger partial charge in [-0.1, -0.05) is 37.1 Å². The molecule has 10 heteroatoms. The summed E-state index contributed by atoms with van der Waals surface area (Å²) in [6.45, 7) is 7.77. The number of benzene rings is 1. The van der Waals surface area contributed by atoms with E-state index in [-0.39, 0.29) is 61.1 Å². The van der Waals surface area contributed by atoms with Gasteiger partial charge in [-0.3, -0.25) is 4.79 Å².